The zero-order chi connectivity index (χ0) is 14.3. The zero-order valence-electron chi connectivity index (χ0n) is 11.0. The lowest BCUT2D eigenvalue weighted by molar-refractivity contribution is -0.121. The van der Waals surface area contributed by atoms with Crippen molar-refractivity contribution in [3.8, 4) is 0 Å². The summed E-state index contributed by atoms with van der Waals surface area (Å²) in [4.78, 5) is 22.6. The Morgan fingerprint density at radius 1 is 1.16 bits per heavy atom. The molecule has 6 heteroatoms. The molecule has 3 N–H and O–H groups in total. The van der Waals surface area contributed by atoms with Crippen molar-refractivity contribution in [3.63, 3.8) is 0 Å². The molecule has 1 atom stereocenters. The second-order valence-corrected chi connectivity index (χ2v) is 4.55. The zero-order valence-corrected chi connectivity index (χ0v) is 11.8. The minimum atomic E-state index is -0.161. The molecule has 1 aromatic carbocycles. The number of halogens is 1. The van der Waals surface area contributed by atoms with E-state index in [1.807, 2.05) is 19.1 Å². The minimum Gasteiger partial charge on any atom is -0.358 e. The van der Waals surface area contributed by atoms with Crippen molar-refractivity contribution in [1.29, 1.82) is 0 Å². The Labute approximate surface area is 117 Å². The van der Waals surface area contributed by atoms with E-state index in [1.165, 1.54) is 0 Å². The number of carbonyl (C=O) groups excluding carboxylic acids is 2. The number of rotatable bonds is 6. The summed E-state index contributed by atoms with van der Waals surface area (Å²) in [5.74, 6) is -0.315. The lowest BCUT2D eigenvalue weighted by atomic mass is 10.1. The molecule has 19 heavy (non-hydrogen) atoms. The lowest BCUT2D eigenvalue weighted by Gasteiger charge is -2.14. The lowest BCUT2D eigenvalue weighted by Crippen LogP contribution is -2.39. The highest BCUT2D eigenvalue weighted by molar-refractivity contribution is 6.30. The van der Waals surface area contributed by atoms with E-state index < -0.39 is 0 Å². The van der Waals surface area contributed by atoms with Gasteiger partial charge in [0.2, 0.25) is 11.8 Å². The van der Waals surface area contributed by atoms with E-state index in [1.54, 1.807) is 19.2 Å². The number of amides is 2. The van der Waals surface area contributed by atoms with E-state index in [4.69, 9.17) is 11.6 Å². The largest absolute Gasteiger partial charge is 0.358 e. The van der Waals surface area contributed by atoms with Crippen LogP contribution in [-0.2, 0) is 9.59 Å². The van der Waals surface area contributed by atoms with Gasteiger partial charge in [0.25, 0.3) is 0 Å². The van der Waals surface area contributed by atoms with Gasteiger partial charge >= 0.3 is 0 Å². The summed E-state index contributed by atoms with van der Waals surface area (Å²) in [5, 5.41) is 8.71. The Balaban J connectivity index is 2.35. The maximum absolute atomic E-state index is 11.6. The van der Waals surface area contributed by atoms with Crippen LogP contribution in [0, 0.1) is 0 Å². The molecule has 0 unspecified atom stereocenters. The van der Waals surface area contributed by atoms with Gasteiger partial charge in [-0.15, -0.1) is 0 Å². The predicted molar refractivity (Wildman–Crippen MR) is 74.9 cm³/mol. The van der Waals surface area contributed by atoms with Gasteiger partial charge in [0.1, 0.15) is 0 Å². The molecule has 1 rings (SSSR count). The molecule has 0 saturated heterocycles. The van der Waals surface area contributed by atoms with Crippen molar-refractivity contribution >= 4 is 23.4 Å². The van der Waals surface area contributed by atoms with E-state index in [0.717, 1.165) is 5.56 Å². The molecule has 0 aliphatic heterocycles. The Kier molecular flexibility index (Phi) is 6.32. The van der Waals surface area contributed by atoms with Crippen LogP contribution in [-0.4, -0.2) is 32.0 Å². The second-order valence-electron chi connectivity index (χ2n) is 4.12. The fourth-order valence-corrected chi connectivity index (χ4v) is 1.63. The first-order valence-electron chi connectivity index (χ1n) is 5.99. The predicted octanol–water partition coefficient (Wildman–Crippen LogP) is 0.853. The highest BCUT2D eigenvalue weighted by Crippen LogP contribution is 2.15. The van der Waals surface area contributed by atoms with Crippen LogP contribution in [0.5, 0.6) is 0 Å². The number of nitrogens with one attached hydrogen (secondary N) is 3. The molecular weight excluding hydrogens is 266 g/mol. The van der Waals surface area contributed by atoms with Crippen molar-refractivity contribution in [2.24, 2.45) is 0 Å². The Bertz CT molecular complexity index is 434. The summed E-state index contributed by atoms with van der Waals surface area (Å²) in [6.07, 6.45) is 0. The van der Waals surface area contributed by atoms with Gasteiger partial charge in [-0.2, -0.15) is 0 Å². The highest BCUT2D eigenvalue weighted by atomic mass is 35.5. The SMILES string of the molecule is CNC(=O)CNCC(=O)N[C@H](C)c1ccc(Cl)cc1. The summed E-state index contributed by atoms with van der Waals surface area (Å²) in [5.41, 5.74) is 0.976. The quantitative estimate of drug-likeness (QED) is 0.725. The standard InChI is InChI=1S/C13H18ClN3O2/c1-9(10-3-5-11(14)6-4-10)17-13(19)8-16-7-12(18)15-2/h3-6,9,16H,7-8H2,1-2H3,(H,15,18)(H,17,19)/t9-/m1/s1. The molecule has 0 radical (unpaired) electrons. The fraction of sp³-hybridized carbons (Fsp3) is 0.385. The van der Waals surface area contributed by atoms with E-state index in [9.17, 15) is 9.59 Å². The summed E-state index contributed by atoms with van der Waals surface area (Å²) >= 11 is 5.80. The molecule has 0 bridgehead atoms. The average molecular weight is 284 g/mol. The average Bonchev–Trinajstić information content (AvgIpc) is 2.39. The number of benzene rings is 1. The van der Waals surface area contributed by atoms with Gasteiger partial charge in [0.05, 0.1) is 19.1 Å². The van der Waals surface area contributed by atoms with E-state index in [-0.39, 0.29) is 30.9 Å². The van der Waals surface area contributed by atoms with E-state index in [2.05, 4.69) is 16.0 Å². The third kappa shape index (κ3) is 5.72. The third-order valence-corrected chi connectivity index (χ3v) is 2.85. The summed E-state index contributed by atoms with van der Waals surface area (Å²) in [7, 11) is 1.55. The van der Waals surface area contributed by atoms with Crippen LogP contribution in [0.15, 0.2) is 24.3 Å². The fourth-order valence-electron chi connectivity index (χ4n) is 1.51. The highest BCUT2D eigenvalue weighted by Gasteiger charge is 2.09. The van der Waals surface area contributed by atoms with Crippen LogP contribution >= 0.6 is 11.6 Å². The molecule has 0 spiro atoms. The molecule has 0 aliphatic carbocycles. The normalized spacial score (nSPS) is 11.7. The van der Waals surface area contributed by atoms with Gasteiger partial charge in [-0.25, -0.2) is 0 Å². The van der Waals surface area contributed by atoms with Crippen LogP contribution in [0.3, 0.4) is 0 Å². The van der Waals surface area contributed by atoms with Crippen molar-refractivity contribution in [3.05, 3.63) is 34.9 Å². The van der Waals surface area contributed by atoms with Crippen molar-refractivity contribution in [2.75, 3.05) is 20.1 Å². The van der Waals surface area contributed by atoms with Crippen molar-refractivity contribution in [2.45, 2.75) is 13.0 Å². The summed E-state index contributed by atoms with van der Waals surface area (Å²) in [6, 6.07) is 7.19. The molecule has 1 aromatic rings. The molecule has 0 saturated carbocycles. The molecule has 5 nitrogen and oxygen atoms in total. The van der Waals surface area contributed by atoms with Crippen LogP contribution in [0.1, 0.15) is 18.5 Å². The van der Waals surface area contributed by atoms with Crippen LogP contribution in [0.25, 0.3) is 0 Å². The molecule has 0 aromatic heterocycles. The maximum Gasteiger partial charge on any atom is 0.234 e. The van der Waals surface area contributed by atoms with Crippen molar-refractivity contribution in [1.82, 2.24) is 16.0 Å². The number of hydrogen-bond donors (Lipinski definition) is 3. The summed E-state index contributed by atoms with van der Waals surface area (Å²) in [6.45, 7) is 2.12. The van der Waals surface area contributed by atoms with Crippen LogP contribution in [0.4, 0.5) is 0 Å². The minimum absolute atomic E-state index is 0.103. The van der Waals surface area contributed by atoms with Crippen LogP contribution < -0.4 is 16.0 Å². The van der Waals surface area contributed by atoms with Gasteiger partial charge in [0, 0.05) is 12.1 Å². The number of carbonyl (C=O) groups is 2. The smallest absolute Gasteiger partial charge is 0.234 e. The Morgan fingerprint density at radius 3 is 2.32 bits per heavy atom. The van der Waals surface area contributed by atoms with E-state index in [0.29, 0.717) is 5.02 Å². The first kappa shape index (κ1) is 15.5. The molecule has 0 heterocycles. The first-order chi connectivity index (χ1) is 9.02. The molecule has 2 amide bonds. The number of hydrogen-bond acceptors (Lipinski definition) is 3. The first-order valence-corrected chi connectivity index (χ1v) is 6.37. The van der Waals surface area contributed by atoms with Crippen LogP contribution in [0.2, 0.25) is 5.02 Å². The molecule has 0 fully saturated rings. The number of likely N-dealkylation sites (N-methyl/N-ethyl adjacent to an activating group) is 1. The monoisotopic (exact) mass is 283 g/mol. The van der Waals surface area contributed by atoms with Gasteiger partial charge in [-0.1, -0.05) is 23.7 Å². The van der Waals surface area contributed by atoms with Gasteiger partial charge < -0.3 is 10.6 Å². The molecule has 0 aliphatic rings. The van der Waals surface area contributed by atoms with Gasteiger partial charge in [-0.05, 0) is 24.6 Å². The Morgan fingerprint density at radius 2 is 1.74 bits per heavy atom. The second kappa shape index (κ2) is 7.76. The summed E-state index contributed by atoms with van der Waals surface area (Å²) < 4.78 is 0. The topological polar surface area (TPSA) is 70.2 Å². The Hall–Kier alpha value is -1.59. The maximum atomic E-state index is 11.6. The van der Waals surface area contributed by atoms with Gasteiger partial charge in [-0.3, -0.25) is 14.9 Å². The molecule has 104 valence electrons. The third-order valence-electron chi connectivity index (χ3n) is 2.60. The van der Waals surface area contributed by atoms with Gasteiger partial charge in [0.15, 0.2) is 0 Å². The molecular formula is C13H18ClN3O2. The van der Waals surface area contributed by atoms with Crippen molar-refractivity contribution < 1.29 is 9.59 Å². The van der Waals surface area contributed by atoms with E-state index >= 15 is 0 Å².